The lowest BCUT2D eigenvalue weighted by atomic mass is 10.2. The maximum absolute atomic E-state index is 12.1. The van der Waals surface area contributed by atoms with Gasteiger partial charge in [0.2, 0.25) is 5.91 Å². The van der Waals surface area contributed by atoms with Gasteiger partial charge in [-0.3, -0.25) is 4.79 Å². The van der Waals surface area contributed by atoms with Crippen molar-refractivity contribution in [3.05, 3.63) is 12.2 Å². The van der Waals surface area contributed by atoms with E-state index in [-0.39, 0.29) is 11.9 Å². The van der Waals surface area contributed by atoms with E-state index in [9.17, 15) is 4.79 Å². The Balaban J connectivity index is 1.75. The molecule has 1 aliphatic heterocycles. The van der Waals surface area contributed by atoms with Crippen LogP contribution < -0.4 is 5.32 Å². The molecule has 1 saturated heterocycles. The van der Waals surface area contributed by atoms with Gasteiger partial charge in [-0.25, -0.2) is 9.67 Å². The molecule has 7 heteroatoms. The summed E-state index contributed by atoms with van der Waals surface area (Å²) < 4.78 is 1.87. The Bertz CT molecular complexity index is 466. The van der Waals surface area contributed by atoms with Crippen molar-refractivity contribution in [3.63, 3.8) is 0 Å². The van der Waals surface area contributed by atoms with Crippen LogP contribution in [0.1, 0.15) is 38.6 Å². The summed E-state index contributed by atoms with van der Waals surface area (Å²) in [4.78, 5) is 21.1. The topological polar surface area (TPSA) is 66.3 Å². The molecule has 124 valence electrons. The number of nitrogens with one attached hydrogen (secondary N) is 1. The fraction of sp³-hybridized carbons (Fsp3) is 0.800. The highest BCUT2D eigenvalue weighted by Crippen LogP contribution is 2.09. The first-order valence-corrected chi connectivity index (χ1v) is 8.18. The van der Waals surface area contributed by atoms with E-state index in [4.69, 9.17) is 0 Å². The largest absolute Gasteiger partial charge is 0.346 e. The SMILES string of the molecule is CCCn1ncnc1[C@H](C)NC(=O)CCN1CCN(C)CC1. The van der Waals surface area contributed by atoms with E-state index in [1.54, 1.807) is 6.33 Å². The van der Waals surface area contributed by atoms with Gasteiger partial charge in [0.15, 0.2) is 0 Å². The Hall–Kier alpha value is -1.47. The molecule has 1 fully saturated rings. The lowest BCUT2D eigenvalue weighted by Gasteiger charge is -2.32. The highest BCUT2D eigenvalue weighted by molar-refractivity contribution is 5.76. The molecule has 1 aromatic rings. The van der Waals surface area contributed by atoms with Crippen LogP contribution in [0.3, 0.4) is 0 Å². The predicted molar refractivity (Wildman–Crippen MR) is 85.4 cm³/mol. The number of aryl methyl sites for hydroxylation is 1. The average Bonchev–Trinajstić information content (AvgIpc) is 2.95. The van der Waals surface area contributed by atoms with Gasteiger partial charge in [-0.2, -0.15) is 5.10 Å². The third kappa shape index (κ3) is 4.78. The third-order valence-electron chi connectivity index (χ3n) is 4.10. The number of carbonyl (C=O) groups excluding carboxylic acids is 1. The molecule has 0 radical (unpaired) electrons. The number of hydrogen-bond acceptors (Lipinski definition) is 5. The van der Waals surface area contributed by atoms with Crippen LogP contribution in [0, 0.1) is 0 Å². The highest BCUT2D eigenvalue weighted by atomic mass is 16.1. The van der Waals surface area contributed by atoms with Gasteiger partial charge in [-0.1, -0.05) is 6.92 Å². The molecule has 1 aliphatic rings. The molecule has 1 amide bonds. The number of carbonyl (C=O) groups is 1. The van der Waals surface area contributed by atoms with Gasteiger partial charge in [0, 0.05) is 45.7 Å². The van der Waals surface area contributed by atoms with Crippen LogP contribution in [-0.4, -0.2) is 70.2 Å². The van der Waals surface area contributed by atoms with Gasteiger partial charge < -0.3 is 15.1 Å². The van der Waals surface area contributed by atoms with Crippen LogP contribution >= 0.6 is 0 Å². The molecule has 1 atom stereocenters. The van der Waals surface area contributed by atoms with Crippen molar-refractivity contribution in [2.45, 2.75) is 39.3 Å². The third-order valence-corrected chi connectivity index (χ3v) is 4.10. The summed E-state index contributed by atoms with van der Waals surface area (Å²) in [6, 6.07) is -0.103. The van der Waals surface area contributed by atoms with E-state index in [1.165, 1.54) is 0 Å². The van der Waals surface area contributed by atoms with Crippen molar-refractivity contribution < 1.29 is 4.79 Å². The monoisotopic (exact) mass is 308 g/mol. The minimum Gasteiger partial charge on any atom is -0.346 e. The first-order chi connectivity index (χ1) is 10.6. The smallest absolute Gasteiger partial charge is 0.221 e. The normalized spacial score (nSPS) is 18.3. The van der Waals surface area contributed by atoms with Gasteiger partial charge in [-0.15, -0.1) is 0 Å². The summed E-state index contributed by atoms with van der Waals surface area (Å²) >= 11 is 0. The van der Waals surface area contributed by atoms with Crippen molar-refractivity contribution in [2.24, 2.45) is 0 Å². The van der Waals surface area contributed by atoms with Crippen LogP contribution in [0.15, 0.2) is 6.33 Å². The van der Waals surface area contributed by atoms with E-state index in [1.807, 2.05) is 11.6 Å². The van der Waals surface area contributed by atoms with Crippen molar-refractivity contribution >= 4 is 5.91 Å². The molecular weight excluding hydrogens is 280 g/mol. The Morgan fingerprint density at radius 1 is 1.32 bits per heavy atom. The van der Waals surface area contributed by atoms with Gasteiger partial charge in [0.05, 0.1) is 6.04 Å². The van der Waals surface area contributed by atoms with Crippen molar-refractivity contribution in [2.75, 3.05) is 39.8 Å². The van der Waals surface area contributed by atoms with Crippen LogP contribution in [0.5, 0.6) is 0 Å². The summed E-state index contributed by atoms with van der Waals surface area (Å²) in [5.74, 6) is 0.910. The number of likely N-dealkylation sites (N-methyl/N-ethyl adjacent to an activating group) is 1. The zero-order chi connectivity index (χ0) is 15.9. The molecule has 2 rings (SSSR count). The molecule has 7 nitrogen and oxygen atoms in total. The molecule has 0 saturated carbocycles. The maximum atomic E-state index is 12.1. The zero-order valence-electron chi connectivity index (χ0n) is 14.0. The Kier molecular flexibility index (Phi) is 6.33. The number of nitrogens with zero attached hydrogens (tertiary/aromatic N) is 5. The summed E-state index contributed by atoms with van der Waals surface area (Å²) in [6.07, 6.45) is 3.09. The van der Waals surface area contributed by atoms with Crippen LogP contribution in [-0.2, 0) is 11.3 Å². The van der Waals surface area contributed by atoms with Gasteiger partial charge in [0.25, 0.3) is 0 Å². The number of piperazine rings is 1. The summed E-state index contributed by atoms with van der Waals surface area (Å²) in [5.41, 5.74) is 0. The van der Waals surface area contributed by atoms with Crippen molar-refractivity contribution in [1.29, 1.82) is 0 Å². The first-order valence-electron chi connectivity index (χ1n) is 8.18. The standard InChI is InChI=1S/C15H28N6O/c1-4-6-21-15(16-12-17-21)13(2)18-14(22)5-7-20-10-8-19(3)9-11-20/h12-13H,4-11H2,1-3H3,(H,18,22)/t13-/m0/s1. The van der Waals surface area contributed by atoms with Crippen molar-refractivity contribution in [3.8, 4) is 0 Å². The van der Waals surface area contributed by atoms with Crippen LogP contribution in [0.25, 0.3) is 0 Å². The molecule has 0 bridgehead atoms. The lowest BCUT2D eigenvalue weighted by Crippen LogP contribution is -2.45. The molecular formula is C15H28N6O. The fourth-order valence-electron chi connectivity index (χ4n) is 2.70. The average molecular weight is 308 g/mol. The molecule has 2 heterocycles. The molecule has 0 aliphatic carbocycles. The summed E-state index contributed by atoms with van der Waals surface area (Å²) in [5, 5.41) is 7.23. The van der Waals surface area contributed by atoms with E-state index in [2.05, 4.69) is 39.2 Å². The Labute approximate surface area is 132 Å². The zero-order valence-corrected chi connectivity index (χ0v) is 14.0. The lowest BCUT2D eigenvalue weighted by molar-refractivity contribution is -0.122. The van der Waals surface area contributed by atoms with Crippen LogP contribution in [0.4, 0.5) is 0 Å². The van der Waals surface area contributed by atoms with Gasteiger partial charge in [-0.05, 0) is 20.4 Å². The molecule has 0 unspecified atom stereocenters. The van der Waals surface area contributed by atoms with E-state index < -0.39 is 0 Å². The number of aromatic nitrogens is 3. The van der Waals surface area contributed by atoms with E-state index >= 15 is 0 Å². The van der Waals surface area contributed by atoms with E-state index in [0.717, 1.165) is 51.5 Å². The van der Waals surface area contributed by atoms with Crippen molar-refractivity contribution in [1.82, 2.24) is 29.9 Å². The second kappa shape index (κ2) is 8.24. The van der Waals surface area contributed by atoms with E-state index in [0.29, 0.717) is 6.42 Å². The summed E-state index contributed by atoms with van der Waals surface area (Å²) in [6.45, 7) is 9.98. The maximum Gasteiger partial charge on any atom is 0.221 e. The minimum absolute atomic E-state index is 0.0810. The Morgan fingerprint density at radius 3 is 2.73 bits per heavy atom. The predicted octanol–water partition coefficient (Wildman–Crippen LogP) is 0.503. The van der Waals surface area contributed by atoms with Gasteiger partial charge >= 0.3 is 0 Å². The number of hydrogen-bond donors (Lipinski definition) is 1. The van der Waals surface area contributed by atoms with Crippen LogP contribution in [0.2, 0.25) is 0 Å². The Morgan fingerprint density at radius 2 is 2.05 bits per heavy atom. The highest BCUT2D eigenvalue weighted by Gasteiger charge is 2.17. The number of rotatable bonds is 7. The first kappa shape index (κ1) is 16.9. The molecule has 0 spiro atoms. The molecule has 0 aromatic carbocycles. The fourth-order valence-corrected chi connectivity index (χ4v) is 2.70. The molecule has 22 heavy (non-hydrogen) atoms. The quantitative estimate of drug-likeness (QED) is 0.795. The minimum atomic E-state index is -0.103. The molecule has 1 aromatic heterocycles. The second-order valence-electron chi connectivity index (χ2n) is 6.03. The number of amides is 1. The summed E-state index contributed by atoms with van der Waals surface area (Å²) in [7, 11) is 2.14. The second-order valence-corrected chi connectivity index (χ2v) is 6.03. The van der Waals surface area contributed by atoms with Gasteiger partial charge in [0.1, 0.15) is 12.2 Å². The molecule has 1 N–H and O–H groups in total.